The zero-order chi connectivity index (χ0) is 12.0. The van der Waals surface area contributed by atoms with Gasteiger partial charge in [0, 0.05) is 18.6 Å². The van der Waals surface area contributed by atoms with Gasteiger partial charge in [-0.2, -0.15) is 0 Å². The van der Waals surface area contributed by atoms with E-state index in [1.165, 1.54) is 45.2 Å². The monoisotopic (exact) mass is 226 g/mol. The van der Waals surface area contributed by atoms with Crippen molar-refractivity contribution in [2.75, 3.05) is 20.1 Å². The lowest BCUT2D eigenvalue weighted by Crippen LogP contribution is -2.46. The first kappa shape index (κ1) is 14.0. The molecule has 0 aromatic rings. The summed E-state index contributed by atoms with van der Waals surface area (Å²) < 4.78 is 0. The van der Waals surface area contributed by atoms with Gasteiger partial charge in [-0.3, -0.25) is 0 Å². The van der Waals surface area contributed by atoms with Crippen LogP contribution < -0.4 is 5.32 Å². The van der Waals surface area contributed by atoms with E-state index in [-0.39, 0.29) is 0 Å². The van der Waals surface area contributed by atoms with Gasteiger partial charge in [0.15, 0.2) is 0 Å². The molecule has 0 radical (unpaired) electrons. The lowest BCUT2D eigenvalue weighted by atomic mass is 10.1. The fraction of sp³-hybridized carbons (Fsp3) is 1.00. The zero-order valence-corrected chi connectivity index (χ0v) is 11.6. The Hall–Kier alpha value is -0.0800. The Labute approximate surface area is 102 Å². The summed E-state index contributed by atoms with van der Waals surface area (Å²) in [7, 11) is 2.31. The standard InChI is InChI=1S/C14H30N2/c1-5-10-15-13-8-7-9-14(13)16(4)11-12(3)6-2/h12-15H,5-11H2,1-4H3. The van der Waals surface area contributed by atoms with Crippen LogP contribution in [-0.2, 0) is 0 Å². The van der Waals surface area contributed by atoms with Crippen LogP contribution in [0.1, 0.15) is 52.9 Å². The van der Waals surface area contributed by atoms with Gasteiger partial charge >= 0.3 is 0 Å². The fourth-order valence-corrected chi connectivity index (χ4v) is 2.79. The molecule has 3 atom stereocenters. The van der Waals surface area contributed by atoms with Gasteiger partial charge in [-0.05, 0) is 38.8 Å². The minimum Gasteiger partial charge on any atom is -0.312 e. The van der Waals surface area contributed by atoms with E-state index in [9.17, 15) is 0 Å². The smallest absolute Gasteiger partial charge is 0.0246 e. The van der Waals surface area contributed by atoms with Crippen LogP contribution >= 0.6 is 0 Å². The highest BCUT2D eigenvalue weighted by molar-refractivity contribution is 4.89. The van der Waals surface area contributed by atoms with Gasteiger partial charge < -0.3 is 10.2 Å². The van der Waals surface area contributed by atoms with Gasteiger partial charge in [-0.15, -0.1) is 0 Å². The summed E-state index contributed by atoms with van der Waals surface area (Å²) in [6, 6.07) is 1.52. The molecule has 0 amide bonds. The summed E-state index contributed by atoms with van der Waals surface area (Å²) in [6.45, 7) is 9.34. The zero-order valence-electron chi connectivity index (χ0n) is 11.6. The van der Waals surface area contributed by atoms with Crippen molar-refractivity contribution in [2.24, 2.45) is 5.92 Å². The molecule has 1 aliphatic rings. The highest BCUT2D eigenvalue weighted by Crippen LogP contribution is 2.24. The highest BCUT2D eigenvalue weighted by Gasteiger charge is 2.29. The van der Waals surface area contributed by atoms with E-state index < -0.39 is 0 Å². The molecule has 0 heterocycles. The number of nitrogens with zero attached hydrogens (tertiary/aromatic N) is 1. The average molecular weight is 226 g/mol. The van der Waals surface area contributed by atoms with Crippen LogP contribution in [-0.4, -0.2) is 37.1 Å². The Morgan fingerprint density at radius 3 is 2.69 bits per heavy atom. The van der Waals surface area contributed by atoms with Crippen LogP contribution in [0.4, 0.5) is 0 Å². The molecule has 0 bridgehead atoms. The minimum atomic E-state index is 0.744. The maximum absolute atomic E-state index is 3.71. The first-order valence-electron chi connectivity index (χ1n) is 7.12. The van der Waals surface area contributed by atoms with Crippen molar-refractivity contribution in [2.45, 2.75) is 65.0 Å². The molecule has 16 heavy (non-hydrogen) atoms. The molecular weight excluding hydrogens is 196 g/mol. The number of rotatable bonds is 7. The molecule has 3 unspecified atom stereocenters. The maximum atomic E-state index is 3.71. The van der Waals surface area contributed by atoms with Crippen LogP contribution in [0.15, 0.2) is 0 Å². The third-order valence-corrected chi connectivity index (χ3v) is 4.00. The molecule has 0 aromatic carbocycles. The topological polar surface area (TPSA) is 15.3 Å². The minimum absolute atomic E-state index is 0.744. The Bertz CT molecular complexity index is 182. The molecule has 2 nitrogen and oxygen atoms in total. The summed E-state index contributed by atoms with van der Waals surface area (Å²) in [5, 5.41) is 3.71. The molecule has 0 aromatic heterocycles. The molecule has 1 saturated carbocycles. The van der Waals surface area contributed by atoms with Crippen LogP contribution in [0.3, 0.4) is 0 Å². The molecule has 0 aliphatic heterocycles. The predicted molar refractivity (Wildman–Crippen MR) is 71.8 cm³/mol. The number of nitrogens with one attached hydrogen (secondary N) is 1. The predicted octanol–water partition coefficient (Wildman–Crippen LogP) is 2.89. The average Bonchev–Trinajstić information content (AvgIpc) is 2.74. The molecule has 0 saturated heterocycles. The molecule has 1 fully saturated rings. The summed E-state index contributed by atoms with van der Waals surface area (Å²) in [6.07, 6.45) is 6.70. The quantitative estimate of drug-likeness (QED) is 0.718. The lowest BCUT2D eigenvalue weighted by molar-refractivity contribution is 0.185. The van der Waals surface area contributed by atoms with Crippen molar-refractivity contribution in [3.8, 4) is 0 Å². The van der Waals surface area contributed by atoms with Crippen molar-refractivity contribution in [3.63, 3.8) is 0 Å². The van der Waals surface area contributed by atoms with Gasteiger partial charge in [0.2, 0.25) is 0 Å². The lowest BCUT2D eigenvalue weighted by Gasteiger charge is -2.32. The Balaban J connectivity index is 2.37. The first-order valence-corrected chi connectivity index (χ1v) is 7.12. The van der Waals surface area contributed by atoms with Gasteiger partial charge in [0.05, 0.1) is 0 Å². The largest absolute Gasteiger partial charge is 0.312 e. The summed E-state index contributed by atoms with van der Waals surface area (Å²) in [5.41, 5.74) is 0. The van der Waals surface area contributed by atoms with Crippen LogP contribution in [0, 0.1) is 5.92 Å². The molecular formula is C14H30N2. The summed E-state index contributed by atoms with van der Waals surface area (Å²) in [4.78, 5) is 2.59. The van der Waals surface area contributed by atoms with Crippen molar-refractivity contribution < 1.29 is 0 Å². The van der Waals surface area contributed by atoms with Crippen LogP contribution in [0.5, 0.6) is 0 Å². The normalized spacial score (nSPS) is 27.6. The molecule has 0 spiro atoms. The second-order valence-electron chi connectivity index (χ2n) is 5.51. The van der Waals surface area contributed by atoms with Crippen LogP contribution in [0.2, 0.25) is 0 Å². The molecule has 1 aliphatic carbocycles. The first-order chi connectivity index (χ1) is 7.69. The van der Waals surface area contributed by atoms with Crippen molar-refractivity contribution in [1.82, 2.24) is 10.2 Å². The van der Waals surface area contributed by atoms with Crippen molar-refractivity contribution in [1.29, 1.82) is 0 Å². The van der Waals surface area contributed by atoms with Gasteiger partial charge in [0.1, 0.15) is 0 Å². The van der Waals surface area contributed by atoms with E-state index in [4.69, 9.17) is 0 Å². The van der Waals surface area contributed by atoms with E-state index in [1.54, 1.807) is 0 Å². The van der Waals surface area contributed by atoms with Crippen molar-refractivity contribution >= 4 is 0 Å². The second-order valence-corrected chi connectivity index (χ2v) is 5.51. The fourth-order valence-electron chi connectivity index (χ4n) is 2.79. The van der Waals surface area contributed by atoms with E-state index in [1.807, 2.05) is 0 Å². The van der Waals surface area contributed by atoms with E-state index in [2.05, 4.69) is 38.0 Å². The number of likely N-dealkylation sites (N-methyl/N-ethyl adjacent to an activating group) is 1. The number of hydrogen-bond acceptors (Lipinski definition) is 2. The summed E-state index contributed by atoms with van der Waals surface area (Å²) in [5.74, 6) is 0.831. The van der Waals surface area contributed by atoms with E-state index >= 15 is 0 Å². The van der Waals surface area contributed by atoms with Gasteiger partial charge in [-0.25, -0.2) is 0 Å². The third-order valence-electron chi connectivity index (χ3n) is 4.00. The van der Waals surface area contributed by atoms with E-state index in [0.29, 0.717) is 0 Å². The Morgan fingerprint density at radius 2 is 2.06 bits per heavy atom. The molecule has 1 N–H and O–H groups in total. The SMILES string of the molecule is CCCNC1CCCC1N(C)CC(C)CC. The van der Waals surface area contributed by atoms with E-state index in [0.717, 1.165) is 18.0 Å². The third kappa shape index (κ3) is 4.06. The molecule has 1 rings (SSSR count). The maximum Gasteiger partial charge on any atom is 0.0246 e. The van der Waals surface area contributed by atoms with Crippen molar-refractivity contribution in [3.05, 3.63) is 0 Å². The second kappa shape index (κ2) is 7.29. The van der Waals surface area contributed by atoms with Crippen LogP contribution in [0.25, 0.3) is 0 Å². The Morgan fingerprint density at radius 1 is 1.31 bits per heavy atom. The molecule has 96 valence electrons. The Kier molecular flexibility index (Phi) is 6.37. The van der Waals surface area contributed by atoms with Gasteiger partial charge in [0.25, 0.3) is 0 Å². The number of hydrogen-bond donors (Lipinski definition) is 1. The van der Waals surface area contributed by atoms with Gasteiger partial charge in [-0.1, -0.05) is 33.6 Å². The summed E-state index contributed by atoms with van der Waals surface area (Å²) >= 11 is 0. The highest BCUT2D eigenvalue weighted by atomic mass is 15.2. The molecule has 2 heteroatoms.